The summed E-state index contributed by atoms with van der Waals surface area (Å²) in [6.45, 7) is -0.243. The molecule has 0 aliphatic rings. The summed E-state index contributed by atoms with van der Waals surface area (Å²) >= 11 is 0. The minimum Gasteiger partial charge on any atom is -0.507 e. The van der Waals surface area contributed by atoms with Crippen LogP contribution in [0.1, 0.15) is 15.9 Å². The Hall–Kier alpha value is -3.41. The van der Waals surface area contributed by atoms with Crippen LogP contribution in [0.2, 0.25) is 0 Å². The van der Waals surface area contributed by atoms with E-state index in [-0.39, 0.29) is 17.9 Å². The van der Waals surface area contributed by atoms with Crippen molar-refractivity contribution >= 4 is 24.1 Å². The van der Waals surface area contributed by atoms with Crippen LogP contribution >= 0.6 is 0 Å². The standard InChI is InChI=1S/C18H17N3O3/c22-16-11-5-4-10-15(16)18(24)19-13-17(23)21-20-12-6-9-14-7-2-1-3-8-14/h1-12,22H,13H2,(H,19,24)(H,21,23)/b9-6+,20-12-. The van der Waals surface area contributed by atoms with Gasteiger partial charge in [0.1, 0.15) is 5.75 Å². The third-order valence-electron chi connectivity index (χ3n) is 3.00. The lowest BCUT2D eigenvalue weighted by molar-refractivity contribution is -0.120. The number of hydrogen-bond donors (Lipinski definition) is 3. The van der Waals surface area contributed by atoms with Crippen LogP contribution < -0.4 is 10.7 Å². The molecule has 0 radical (unpaired) electrons. The number of carbonyl (C=O) groups excluding carboxylic acids is 2. The van der Waals surface area contributed by atoms with Gasteiger partial charge in [-0.2, -0.15) is 5.10 Å². The number of para-hydroxylation sites is 1. The zero-order valence-corrected chi connectivity index (χ0v) is 12.8. The number of amides is 2. The number of allylic oxidation sites excluding steroid dienone is 1. The quantitative estimate of drug-likeness (QED) is 0.560. The van der Waals surface area contributed by atoms with Crippen molar-refractivity contribution in [2.45, 2.75) is 0 Å². The summed E-state index contributed by atoms with van der Waals surface area (Å²) in [7, 11) is 0. The lowest BCUT2D eigenvalue weighted by Crippen LogP contribution is -2.34. The number of aromatic hydroxyl groups is 1. The molecule has 0 aromatic heterocycles. The van der Waals surface area contributed by atoms with Gasteiger partial charge in [0.2, 0.25) is 0 Å². The fourth-order valence-corrected chi connectivity index (χ4v) is 1.83. The lowest BCUT2D eigenvalue weighted by Gasteiger charge is -2.05. The molecule has 24 heavy (non-hydrogen) atoms. The highest BCUT2D eigenvalue weighted by atomic mass is 16.3. The minimum absolute atomic E-state index is 0.111. The average Bonchev–Trinajstić information content (AvgIpc) is 2.60. The molecule has 0 heterocycles. The molecule has 0 spiro atoms. The van der Waals surface area contributed by atoms with Gasteiger partial charge in [-0.25, -0.2) is 5.43 Å². The highest BCUT2D eigenvalue weighted by Gasteiger charge is 2.10. The first-order valence-electron chi connectivity index (χ1n) is 7.26. The molecule has 122 valence electrons. The van der Waals surface area contributed by atoms with Crippen LogP contribution in [0.3, 0.4) is 0 Å². The predicted molar refractivity (Wildman–Crippen MR) is 92.6 cm³/mol. The molecule has 0 fully saturated rings. The molecule has 3 N–H and O–H groups in total. The van der Waals surface area contributed by atoms with Gasteiger partial charge in [0.05, 0.1) is 12.1 Å². The Morgan fingerprint density at radius 2 is 1.75 bits per heavy atom. The largest absolute Gasteiger partial charge is 0.507 e. The second kappa shape index (κ2) is 8.89. The Kier molecular flexibility index (Phi) is 6.28. The zero-order chi connectivity index (χ0) is 17.2. The first-order valence-corrected chi connectivity index (χ1v) is 7.26. The van der Waals surface area contributed by atoms with Crippen molar-refractivity contribution in [1.82, 2.24) is 10.7 Å². The van der Waals surface area contributed by atoms with E-state index in [2.05, 4.69) is 15.8 Å². The van der Waals surface area contributed by atoms with Crippen LogP contribution in [0.5, 0.6) is 5.75 Å². The highest BCUT2D eigenvalue weighted by Crippen LogP contribution is 2.14. The van der Waals surface area contributed by atoms with Gasteiger partial charge in [-0.3, -0.25) is 9.59 Å². The fourth-order valence-electron chi connectivity index (χ4n) is 1.83. The smallest absolute Gasteiger partial charge is 0.259 e. The van der Waals surface area contributed by atoms with Gasteiger partial charge >= 0.3 is 0 Å². The van der Waals surface area contributed by atoms with Crippen molar-refractivity contribution in [3.63, 3.8) is 0 Å². The Morgan fingerprint density at radius 1 is 1.04 bits per heavy atom. The highest BCUT2D eigenvalue weighted by molar-refractivity contribution is 5.98. The molecule has 0 aliphatic carbocycles. The molecule has 2 rings (SSSR count). The summed E-state index contributed by atoms with van der Waals surface area (Å²) in [5.41, 5.74) is 3.42. The van der Waals surface area contributed by atoms with E-state index < -0.39 is 11.8 Å². The maximum Gasteiger partial charge on any atom is 0.259 e. The number of carbonyl (C=O) groups is 2. The molecule has 6 nitrogen and oxygen atoms in total. The van der Waals surface area contributed by atoms with Gasteiger partial charge in [-0.15, -0.1) is 0 Å². The van der Waals surface area contributed by atoms with E-state index in [1.54, 1.807) is 18.2 Å². The molecule has 2 amide bonds. The molecule has 2 aromatic rings. The van der Waals surface area contributed by atoms with Gasteiger partial charge in [0, 0.05) is 6.21 Å². The van der Waals surface area contributed by atoms with Crippen molar-refractivity contribution in [2.75, 3.05) is 6.54 Å². The Morgan fingerprint density at radius 3 is 2.50 bits per heavy atom. The number of rotatable bonds is 6. The van der Waals surface area contributed by atoms with E-state index in [9.17, 15) is 14.7 Å². The number of nitrogens with one attached hydrogen (secondary N) is 2. The van der Waals surface area contributed by atoms with E-state index in [0.29, 0.717) is 0 Å². The molecule has 0 unspecified atom stereocenters. The van der Waals surface area contributed by atoms with E-state index in [1.165, 1.54) is 18.3 Å². The van der Waals surface area contributed by atoms with Gasteiger partial charge in [0.15, 0.2) is 0 Å². The van der Waals surface area contributed by atoms with Crippen molar-refractivity contribution in [2.24, 2.45) is 5.10 Å². The maximum absolute atomic E-state index is 11.8. The van der Waals surface area contributed by atoms with E-state index in [0.717, 1.165) is 5.56 Å². The van der Waals surface area contributed by atoms with Gasteiger partial charge in [0.25, 0.3) is 11.8 Å². The first-order chi connectivity index (χ1) is 11.7. The van der Waals surface area contributed by atoms with Crippen LogP contribution in [0.15, 0.2) is 65.8 Å². The normalized spacial score (nSPS) is 10.8. The summed E-state index contributed by atoms with van der Waals surface area (Å²) in [5.74, 6) is -1.14. The van der Waals surface area contributed by atoms with E-state index >= 15 is 0 Å². The van der Waals surface area contributed by atoms with Gasteiger partial charge < -0.3 is 10.4 Å². The zero-order valence-electron chi connectivity index (χ0n) is 12.8. The van der Waals surface area contributed by atoms with Crippen molar-refractivity contribution < 1.29 is 14.7 Å². The molecule has 0 bridgehead atoms. The minimum atomic E-state index is -0.531. The van der Waals surface area contributed by atoms with Crippen LogP contribution in [-0.2, 0) is 4.79 Å². The van der Waals surface area contributed by atoms with E-state index in [1.807, 2.05) is 36.4 Å². The summed E-state index contributed by atoms with van der Waals surface area (Å²) in [4.78, 5) is 23.4. The van der Waals surface area contributed by atoms with Crippen molar-refractivity contribution in [1.29, 1.82) is 0 Å². The van der Waals surface area contributed by atoms with Crippen LogP contribution in [-0.4, -0.2) is 29.7 Å². The molecular formula is C18H17N3O3. The molecule has 2 aromatic carbocycles. The fraction of sp³-hybridized carbons (Fsp3) is 0.0556. The Balaban J connectivity index is 1.73. The topological polar surface area (TPSA) is 90.8 Å². The second-order valence-electron chi connectivity index (χ2n) is 4.78. The summed E-state index contributed by atoms with van der Waals surface area (Å²) in [5, 5.41) is 15.7. The van der Waals surface area contributed by atoms with Crippen LogP contribution in [0, 0.1) is 0 Å². The summed E-state index contributed by atoms with van der Waals surface area (Å²) < 4.78 is 0. The molecule has 0 atom stereocenters. The van der Waals surface area contributed by atoms with Crippen LogP contribution in [0.4, 0.5) is 0 Å². The molecule has 6 heteroatoms. The predicted octanol–water partition coefficient (Wildman–Crippen LogP) is 1.94. The van der Waals surface area contributed by atoms with E-state index in [4.69, 9.17) is 0 Å². The third-order valence-corrected chi connectivity index (χ3v) is 3.00. The molecule has 0 saturated carbocycles. The Bertz CT molecular complexity index is 755. The van der Waals surface area contributed by atoms with Crippen molar-refractivity contribution in [3.05, 3.63) is 71.8 Å². The number of nitrogens with zero attached hydrogens (tertiary/aromatic N) is 1. The average molecular weight is 323 g/mol. The number of benzene rings is 2. The van der Waals surface area contributed by atoms with Crippen LogP contribution in [0.25, 0.3) is 6.08 Å². The number of phenolic OH excluding ortho intramolecular Hbond substituents is 1. The maximum atomic E-state index is 11.8. The first kappa shape index (κ1) is 17.0. The molecule has 0 saturated heterocycles. The van der Waals surface area contributed by atoms with Gasteiger partial charge in [-0.1, -0.05) is 48.5 Å². The second-order valence-corrected chi connectivity index (χ2v) is 4.78. The van der Waals surface area contributed by atoms with Crippen molar-refractivity contribution in [3.8, 4) is 5.75 Å². The monoisotopic (exact) mass is 323 g/mol. The number of hydrogen-bond acceptors (Lipinski definition) is 4. The van der Waals surface area contributed by atoms with Gasteiger partial charge in [-0.05, 0) is 23.8 Å². The molecule has 0 aliphatic heterocycles. The number of phenols is 1. The molecular weight excluding hydrogens is 306 g/mol. The SMILES string of the molecule is O=C(CNC(=O)c1ccccc1O)N/N=C\C=C\c1ccccc1. The number of hydrazone groups is 1. The Labute approximate surface area is 139 Å². The summed E-state index contributed by atoms with van der Waals surface area (Å²) in [6, 6.07) is 15.8. The third kappa shape index (κ3) is 5.42. The summed E-state index contributed by atoms with van der Waals surface area (Å²) in [6.07, 6.45) is 4.97. The lowest BCUT2D eigenvalue weighted by atomic mass is 10.2.